The summed E-state index contributed by atoms with van der Waals surface area (Å²) in [5.74, 6) is 0.586. The van der Waals surface area contributed by atoms with Gasteiger partial charge >= 0.3 is 0 Å². The van der Waals surface area contributed by atoms with E-state index in [4.69, 9.17) is 4.74 Å². The summed E-state index contributed by atoms with van der Waals surface area (Å²) in [5, 5.41) is 0. The smallest absolute Gasteiger partial charge is 0.213 e. The van der Waals surface area contributed by atoms with E-state index < -0.39 is 0 Å². The van der Waals surface area contributed by atoms with Gasteiger partial charge in [0, 0.05) is 24.3 Å². The van der Waals surface area contributed by atoms with Gasteiger partial charge in [0.05, 0.1) is 12.2 Å². The molecule has 2 nitrogen and oxygen atoms in total. The van der Waals surface area contributed by atoms with Crippen LogP contribution in [0.15, 0.2) is 90.6 Å². The van der Waals surface area contributed by atoms with Gasteiger partial charge in [0.1, 0.15) is 0 Å². The molecule has 1 heterocycles. The Morgan fingerprint density at radius 1 is 0.862 bits per heavy atom. The highest BCUT2D eigenvalue weighted by Crippen LogP contribution is 2.44. The molecule has 3 aromatic rings. The van der Waals surface area contributed by atoms with E-state index in [0.717, 1.165) is 26.0 Å². The number of fused-ring (bicyclic) bond motifs is 3. The SMILES string of the molecule is C1=C2CC(CCOCc3ccccc3)C=C2c2ccc[n+](Cc3ccccc3)c21. The summed E-state index contributed by atoms with van der Waals surface area (Å²) in [6, 6.07) is 25.5. The minimum absolute atomic E-state index is 0.586. The van der Waals surface area contributed by atoms with Crippen LogP contribution in [0.3, 0.4) is 0 Å². The molecule has 2 heteroatoms. The Balaban J connectivity index is 1.23. The average molecular weight is 381 g/mol. The Morgan fingerprint density at radius 2 is 1.62 bits per heavy atom. The standard InChI is InChI=1S/C27H26NO/c1-3-8-21(9-4-1)19-28-14-7-12-25-26-17-23(16-24(26)18-27(25)28)13-15-29-20-22-10-5-2-6-11-22/h1-12,14,17-18,23H,13,15-16,19-20H2/q+1. The van der Waals surface area contributed by atoms with Gasteiger partial charge in [-0.15, -0.1) is 0 Å². The second kappa shape index (κ2) is 8.18. The molecule has 2 aromatic carbocycles. The van der Waals surface area contributed by atoms with Crippen molar-refractivity contribution in [3.63, 3.8) is 0 Å². The van der Waals surface area contributed by atoms with Crippen molar-refractivity contribution in [3.8, 4) is 0 Å². The second-order valence-corrected chi connectivity index (χ2v) is 7.96. The lowest BCUT2D eigenvalue weighted by atomic mass is 10.0. The van der Waals surface area contributed by atoms with Gasteiger partial charge in [-0.2, -0.15) is 4.57 Å². The molecule has 0 radical (unpaired) electrons. The van der Waals surface area contributed by atoms with E-state index in [2.05, 4.69) is 89.6 Å². The van der Waals surface area contributed by atoms with Gasteiger partial charge < -0.3 is 4.74 Å². The first-order chi connectivity index (χ1) is 14.4. The maximum Gasteiger partial charge on any atom is 0.213 e. The summed E-state index contributed by atoms with van der Waals surface area (Å²) < 4.78 is 8.28. The number of benzene rings is 2. The number of rotatable bonds is 7. The fourth-order valence-electron chi connectivity index (χ4n) is 4.41. The Hall–Kier alpha value is -2.97. The topological polar surface area (TPSA) is 13.1 Å². The summed E-state index contributed by atoms with van der Waals surface area (Å²) in [4.78, 5) is 0. The maximum atomic E-state index is 5.91. The molecule has 1 unspecified atom stereocenters. The van der Waals surface area contributed by atoms with Crippen LogP contribution in [0.25, 0.3) is 11.6 Å². The van der Waals surface area contributed by atoms with Gasteiger partial charge in [-0.25, -0.2) is 0 Å². The van der Waals surface area contributed by atoms with Gasteiger partial charge in [-0.05, 0) is 41.5 Å². The van der Waals surface area contributed by atoms with Crippen molar-refractivity contribution in [1.29, 1.82) is 0 Å². The molecule has 2 aliphatic carbocycles. The molecule has 0 N–H and O–H groups in total. The molecule has 0 spiro atoms. The van der Waals surface area contributed by atoms with Crippen LogP contribution >= 0.6 is 0 Å². The van der Waals surface area contributed by atoms with Crippen LogP contribution in [0.5, 0.6) is 0 Å². The van der Waals surface area contributed by atoms with E-state index in [9.17, 15) is 0 Å². The highest BCUT2D eigenvalue weighted by molar-refractivity contribution is 5.94. The van der Waals surface area contributed by atoms with Crippen molar-refractivity contribution in [2.45, 2.75) is 26.0 Å². The van der Waals surface area contributed by atoms with Crippen molar-refractivity contribution in [2.24, 2.45) is 5.92 Å². The lowest BCUT2D eigenvalue weighted by molar-refractivity contribution is -0.690. The van der Waals surface area contributed by atoms with Crippen molar-refractivity contribution >= 4 is 11.6 Å². The highest BCUT2D eigenvalue weighted by atomic mass is 16.5. The lowest BCUT2D eigenvalue weighted by Crippen LogP contribution is -2.37. The number of hydrogen-bond acceptors (Lipinski definition) is 1. The minimum Gasteiger partial charge on any atom is -0.377 e. The van der Waals surface area contributed by atoms with Crippen molar-refractivity contribution < 1.29 is 9.30 Å². The molecule has 29 heavy (non-hydrogen) atoms. The molecular formula is C27H26NO+. The number of allylic oxidation sites excluding steroid dienone is 3. The monoisotopic (exact) mass is 380 g/mol. The fourth-order valence-corrected chi connectivity index (χ4v) is 4.41. The summed E-state index contributed by atoms with van der Waals surface area (Å²) in [6.45, 7) is 2.43. The molecule has 0 fully saturated rings. The van der Waals surface area contributed by atoms with Gasteiger partial charge in [0.2, 0.25) is 5.69 Å². The first kappa shape index (κ1) is 18.1. The molecule has 1 aromatic heterocycles. The number of nitrogens with zero attached hydrogens (tertiary/aromatic N) is 1. The quantitative estimate of drug-likeness (QED) is 0.393. The molecule has 5 rings (SSSR count). The van der Waals surface area contributed by atoms with Crippen LogP contribution in [0.2, 0.25) is 0 Å². The van der Waals surface area contributed by atoms with Gasteiger partial charge in [0.25, 0.3) is 0 Å². The van der Waals surface area contributed by atoms with E-state index in [0.29, 0.717) is 12.5 Å². The number of ether oxygens (including phenoxy) is 1. The Labute approximate surface area is 172 Å². The van der Waals surface area contributed by atoms with Crippen molar-refractivity contribution in [1.82, 2.24) is 0 Å². The van der Waals surface area contributed by atoms with Crippen LogP contribution < -0.4 is 4.57 Å². The zero-order valence-corrected chi connectivity index (χ0v) is 16.6. The molecule has 0 aliphatic heterocycles. The maximum absolute atomic E-state index is 5.91. The molecule has 1 atom stereocenters. The molecule has 2 aliphatic rings. The molecule has 0 saturated carbocycles. The van der Waals surface area contributed by atoms with Gasteiger partial charge in [-0.1, -0.05) is 66.7 Å². The average Bonchev–Trinajstić information content (AvgIpc) is 3.31. The van der Waals surface area contributed by atoms with Crippen LogP contribution in [0.4, 0.5) is 0 Å². The van der Waals surface area contributed by atoms with E-state index >= 15 is 0 Å². The zero-order valence-electron chi connectivity index (χ0n) is 16.6. The van der Waals surface area contributed by atoms with Crippen LogP contribution in [-0.2, 0) is 17.9 Å². The summed E-state index contributed by atoms with van der Waals surface area (Å²) in [6.07, 6.45) is 9.27. The zero-order chi connectivity index (χ0) is 19.5. The molecular weight excluding hydrogens is 354 g/mol. The molecule has 0 bridgehead atoms. The lowest BCUT2D eigenvalue weighted by Gasteiger charge is -2.08. The van der Waals surface area contributed by atoms with Crippen LogP contribution in [-0.4, -0.2) is 6.61 Å². The summed E-state index contributed by atoms with van der Waals surface area (Å²) in [5.41, 5.74) is 8.23. The Bertz CT molecular complexity index is 1050. The number of hydrogen-bond donors (Lipinski definition) is 0. The Morgan fingerprint density at radius 3 is 2.41 bits per heavy atom. The van der Waals surface area contributed by atoms with E-state index in [1.54, 1.807) is 0 Å². The summed E-state index contributed by atoms with van der Waals surface area (Å²) >= 11 is 0. The first-order valence-corrected chi connectivity index (χ1v) is 10.5. The second-order valence-electron chi connectivity index (χ2n) is 7.96. The van der Waals surface area contributed by atoms with E-state index in [1.807, 2.05) is 6.07 Å². The van der Waals surface area contributed by atoms with Gasteiger partial charge in [0.15, 0.2) is 12.7 Å². The third-order valence-corrected chi connectivity index (χ3v) is 5.89. The summed E-state index contributed by atoms with van der Waals surface area (Å²) in [7, 11) is 0. The third kappa shape index (κ3) is 3.94. The van der Waals surface area contributed by atoms with Crippen molar-refractivity contribution in [2.75, 3.05) is 6.61 Å². The van der Waals surface area contributed by atoms with Crippen LogP contribution in [0, 0.1) is 5.92 Å². The largest absolute Gasteiger partial charge is 0.377 e. The molecule has 0 amide bonds. The normalized spacial score (nSPS) is 16.9. The predicted molar refractivity (Wildman–Crippen MR) is 117 cm³/mol. The van der Waals surface area contributed by atoms with Crippen LogP contribution in [0.1, 0.15) is 35.2 Å². The van der Waals surface area contributed by atoms with E-state index in [-0.39, 0.29) is 0 Å². The predicted octanol–water partition coefficient (Wildman–Crippen LogP) is 5.43. The Kier molecular flexibility index (Phi) is 5.10. The van der Waals surface area contributed by atoms with Gasteiger partial charge in [-0.3, -0.25) is 0 Å². The first-order valence-electron chi connectivity index (χ1n) is 10.5. The minimum atomic E-state index is 0.586. The third-order valence-electron chi connectivity index (χ3n) is 5.89. The molecule has 0 saturated heterocycles. The van der Waals surface area contributed by atoms with E-state index in [1.165, 1.54) is 33.5 Å². The fraction of sp³-hybridized carbons (Fsp3) is 0.222. The highest BCUT2D eigenvalue weighted by Gasteiger charge is 2.32. The van der Waals surface area contributed by atoms with Crippen molar-refractivity contribution in [3.05, 3.63) is 113 Å². The number of aromatic nitrogens is 1. The molecule has 144 valence electrons. The number of pyridine rings is 1.